The number of hydrogen-bond donors (Lipinski definition) is 1. The molecule has 13 heavy (non-hydrogen) atoms. The zero-order chi connectivity index (χ0) is 9.42. The highest BCUT2D eigenvalue weighted by atomic mass is 32.2. The fraction of sp³-hybridized carbons (Fsp3) is 0.250. The summed E-state index contributed by atoms with van der Waals surface area (Å²) in [5, 5.41) is 1.02. The Balaban J connectivity index is 2.54. The third-order valence-corrected chi connectivity index (χ3v) is 3.98. The quantitative estimate of drug-likeness (QED) is 0.719. The van der Waals surface area contributed by atoms with Crippen LogP contribution in [0.3, 0.4) is 0 Å². The van der Waals surface area contributed by atoms with Crippen LogP contribution in [0.25, 0.3) is 6.08 Å². The molecule has 0 unspecified atom stereocenters. The minimum Gasteiger partial charge on any atom is -0.307 e. The number of fused-ring (bicyclic) bond motifs is 1. The molecule has 0 aromatic carbocycles. The molecule has 0 aliphatic carbocycles. The van der Waals surface area contributed by atoms with E-state index < -0.39 is 0 Å². The van der Waals surface area contributed by atoms with Gasteiger partial charge in [-0.2, -0.15) is 0 Å². The molecule has 1 atom stereocenters. The van der Waals surface area contributed by atoms with Gasteiger partial charge in [0.2, 0.25) is 0 Å². The van der Waals surface area contributed by atoms with Crippen LogP contribution in [0.5, 0.6) is 0 Å². The molecule has 0 bridgehead atoms. The van der Waals surface area contributed by atoms with Gasteiger partial charge in [-0.25, -0.2) is 0 Å². The van der Waals surface area contributed by atoms with Gasteiger partial charge in [0.05, 0.1) is 9.90 Å². The van der Waals surface area contributed by atoms with Gasteiger partial charge in [-0.1, -0.05) is 23.1 Å². The van der Waals surface area contributed by atoms with Crippen LogP contribution in [0.1, 0.15) is 11.8 Å². The number of aromatic nitrogens is 1. The van der Waals surface area contributed by atoms with Crippen molar-refractivity contribution in [2.24, 2.45) is 0 Å². The van der Waals surface area contributed by atoms with E-state index in [1.807, 2.05) is 6.92 Å². The first-order chi connectivity index (χ1) is 6.20. The normalized spacial score (nSPS) is 20.7. The molecule has 5 heteroatoms. The summed E-state index contributed by atoms with van der Waals surface area (Å²) in [5.41, 5.74) is 0.743. The number of aldehydes is 1. The molecule has 68 valence electrons. The van der Waals surface area contributed by atoms with Crippen LogP contribution in [0, 0.1) is 0 Å². The monoisotopic (exact) mass is 213 g/mol. The van der Waals surface area contributed by atoms with Crippen molar-refractivity contribution in [3.05, 3.63) is 20.1 Å². The zero-order valence-electron chi connectivity index (χ0n) is 6.87. The summed E-state index contributed by atoms with van der Waals surface area (Å²) in [7, 11) is 0. The Hall–Kier alpha value is -0.810. The number of carbonyl (C=O) groups excluding carboxylic acids is 1. The van der Waals surface area contributed by atoms with Crippen molar-refractivity contribution < 1.29 is 4.79 Å². The Morgan fingerprint density at radius 3 is 3.08 bits per heavy atom. The van der Waals surface area contributed by atoms with Crippen LogP contribution in [-0.4, -0.2) is 16.5 Å². The van der Waals surface area contributed by atoms with Gasteiger partial charge in [-0.3, -0.25) is 9.59 Å². The summed E-state index contributed by atoms with van der Waals surface area (Å²) >= 11 is 2.66. The fourth-order valence-corrected chi connectivity index (χ4v) is 3.12. The van der Waals surface area contributed by atoms with Crippen LogP contribution in [-0.2, 0) is 4.79 Å². The maximum Gasteiger partial charge on any atom is 0.305 e. The molecule has 0 spiro atoms. The van der Waals surface area contributed by atoms with Crippen LogP contribution in [0.15, 0.2) is 15.4 Å². The molecule has 3 nitrogen and oxygen atoms in total. The SMILES string of the molecule is C[C@H]1Sc2[nH]c(=O)sc2C=C1C=O. The molecule has 1 N–H and O–H groups in total. The van der Waals surface area contributed by atoms with Gasteiger partial charge in [0.1, 0.15) is 6.29 Å². The van der Waals surface area contributed by atoms with Crippen LogP contribution >= 0.6 is 23.1 Å². The number of nitrogens with one attached hydrogen (secondary N) is 1. The molecule has 0 radical (unpaired) electrons. The van der Waals surface area contributed by atoms with Gasteiger partial charge in [0.15, 0.2) is 0 Å². The lowest BCUT2D eigenvalue weighted by atomic mass is 10.2. The minimum absolute atomic E-state index is 0.0619. The van der Waals surface area contributed by atoms with Crippen LogP contribution in [0.4, 0.5) is 0 Å². The predicted molar refractivity (Wildman–Crippen MR) is 54.3 cm³/mol. The van der Waals surface area contributed by atoms with Gasteiger partial charge in [0, 0.05) is 10.8 Å². The van der Waals surface area contributed by atoms with Crippen LogP contribution < -0.4 is 4.87 Å². The number of thiazole rings is 1. The van der Waals surface area contributed by atoms with Crippen molar-refractivity contribution in [3.8, 4) is 0 Å². The lowest BCUT2D eigenvalue weighted by molar-refractivity contribution is -0.104. The summed E-state index contributed by atoms with van der Waals surface area (Å²) < 4.78 is 0. The highest BCUT2D eigenvalue weighted by molar-refractivity contribution is 8.00. The molecule has 1 aromatic rings. The summed E-state index contributed by atoms with van der Waals surface area (Å²) in [6, 6.07) is 0. The molecule has 0 saturated heterocycles. The Labute approximate surface area is 82.9 Å². The maximum atomic E-state index is 11.0. The van der Waals surface area contributed by atoms with Gasteiger partial charge in [0.25, 0.3) is 0 Å². The van der Waals surface area contributed by atoms with E-state index in [4.69, 9.17) is 0 Å². The van der Waals surface area contributed by atoms with E-state index in [9.17, 15) is 9.59 Å². The fourth-order valence-electron chi connectivity index (χ4n) is 1.15. The molecular weight excluding hydrogens is 206 g/mol. The van der Waals surface area contributed by atoms with Crippen molar-refractivity contribution >= 4 is 35.5 Å². The third kappa shape index (κ3) is 1.49. The first-order valence-electron chi connectivity index (χ1n) is 3.77. The first kappa shape index (κ1) is 8.77. The topological polar surface area (TPSA) is 49.9 Å². The predicted octanol–water partition coefficient (Wildman–Crippen LogP) is 1.51. The molecule has 1 aliphatic rings. The van der Waals surface area contributed by atoms with Crippen molar-refractivity contribution in [3.63, 3.8) is 0 Å². The van der Waals surface area contributed by atoms with E-state index in [-0.39, 0.29) is 10.1 Å². The van der Waals surface area contributed by atoms with Crippen molar-refractivity contribution in [1.29, 1.82) is 0 Å². The average molecular weight is 213 g/mol. The lowest BCUT2D eigenvalue weighted by Gasteiger charge is -2.14. The summed E-state index contributed by atoms with van der Waals surface area (Å²) in [6.45, 7) is 1.95. The van der Waals surface area contributed by atoms with Gasteiger partial charge in [-0.15, -0.1) is 0 Å². The summed E-state index contributed by atoms with van der Waals surface area (Å²) in [5.74, 6) is 0. The molecule has 1 aliphatic heterocycles. The molecule has 2 heterocycles. The van der Waals surface area contributed by atoms with Crippen molar-refractivity contribution in [2.75, 3.05) is 0 Å². The Bertz CT molecular complexity index is 430. The van der Waals surface area contributed by atoms with E-state index in [2.05, 4.69) is 4.98 Å². The minimum atomic E-state index is -0.0619. The number of rotatable bonds is 1. The Morgan fingerprint density at radius 2 is 2.38 bits per heavy atom. The second kappa shape index (κ2) is 3.16. The molecule has 0 fully saturated rings. The number of carbonyl (C=O) groups is 1. The molecule has 2 rings (SSSR count). The second-order valence-corrected chi connectivity index (χ2v) is 5.10. The Kier molecular flexibility index (Phi) is 2.13. The summed E-state index contributed by atoms with van der Waals surface area (Å²) in [4.78, 5) is 25.2. The van der Waals surface area contributed by atoms with E-state index in [0.717, 1.165) is 33.1 Å². The number of hydrogen-bond acceptors (Lipinski definition) is 4. The van der Waals surface area contributed by atoms with Crippen molar-refractivity contribution in [1.82, 2.24) is 4.98 Å². The lowest BCUT2D eigenvalue weighted by Crippen LogP contribution is -2.06. The van der Waals surface area contributed by atoms with Crippen LogP contribution in [0.2, 0.25) is 0 Å². The van der Waals surface area contributed by atoms with Gasteiger partial charge in [-0.05, 0) is 13.0 Å². The van der Waals surface area contributed by atoms with Gasteiger partial charge < -0.3 is 4.98 Å². The standard InChI is InChI=1S/C8H7NO2S2/c1-4-5(3-10)2-6-7(12-4)9-8(11)13-6/h2-4H,1H3,(H,9,11)/t4-/m1/s1. The van der Waals surface area contributed by atoms with Gasteiger partial charge >= 0.3 is 4.87 Å². The molecule has 0 amide bonds. The van der Waals surface area contributed by atoms with E-state index in [0.29, 0.717) is 0 Å². The van der Waals surface area contributed by atoms with Crippen molar-refractivity contribution in [2.45, 2.75) is 17.2 Å². The third-order valence-electron chi connectivity index (χ3n) is 1.84. The largest absolute Gasteiger partial charge is 0.307 e. The van der Waals surface area contributed by atoms with E-state index in [1.165, 1.54) is 11.8 Å². The maximum absolute atomic E-state index is 11.0. The average Bonchev–Trinajstić information content (AvgIpc) is 2.42. The first-order valence-corrected chi connectivity index (χ1v) is 5.47. The second-order valence-electron chi connectivity index (χ2n) is 2.73. The number of aromatic amines is 1. The zero-order valence-corrected chi connectivity index (χ0v) is 8.50. The highest BCUT2D eigenvalue weighted by Crippen LogP contribution is 2.35. The smallest absolute Gasteiger partial charge is 0.305 e. The molecular formula is C8H7NO2S2. The molecule has 1 aromatic heterocycles. The Morgan fingerprint density at radius 1 is 1.62 bits per heavy atom. The molecule has 0 saturated carbocycles. The van der Waals surface area contributed by atoms with E-state index >= 15 is 0 Å². The highest BCUT2D eigenvalue weighted by Gasteiger charge is 2.20. The number of H-pyrrole nitrogens is 1. The summed E-state index contributed by atoms with van der Waals surface area (Å²) in [6.07, 6.45) is 2.64. The number of thioether (sulfide) groups is 1. The van der Waals surface area contributed by atoms with E-state index in [1.54, 1.807) is 6.08 Å².